The van der Waals surface area contributed by atoms with Crippen molar-refractivity contribution in [3.63, 3.8) is 0 Å². The minimum Gasteiger partial charge on any atom is -0.494 e. The predicted octanol–water partition coefficient (Wildman–Crippen LogP) is 2.36. The number of aliphatic hydroxyl groups is 3. The second kappa shape index (κ2) is 6.49. The zero-order chi connectivity index (χ0) is 23.2. The first kappa shape index (κ1) is 20.8. The number of aromatic nitrogens is 2. The van der Waals surface area contributed by atoms with E-state index in [9.17, 15) is 20.1 Å². The number of ether oxygens (including phenoxy) is 1. The number of likely N-dealkylation sites (N-methyl/N-ethyl adjacent to an activating group) is 1. The molecule has 0 bridgehead atoms. The highest BCUT2D eigenvalue weighted by Gasteiger charge is 2.74. The van der Waals surface area contributed by atoms with Crippen LogP contribution in [0.3, 0.4) is 0 Å². The maximum Gasteiger partial charge on any atom is 0.281 e. The molecule has 2 aliphatic heterocycles. The standard InChI is InChI=1S/C23H22ClN3O5/c1-5-12(24)10-14-11(2)25-17-16(14)22(30)20(28)26(3)21(29)23(22,31)27-15-9-7-6-8-13(15)19(32-4)18(17)27/h5-10,20,25,28,30-31H,1H2,2-4H3/b12-10+. The number of para-hydroxylation sites is 1. The minimum atomic E-state index is -2.54. The average Bonchev–Trinajstić information content (AvgIpc) is 3.34. The molecule has 1 amide bonds. The lowest BCUT2D eigenvalue weighted by molar-refractivity contribution is -0.218. The zero-order valence-corrected chi connectivity index (χ0v) is 18.4. The summed E-state index contributed by atoms with van der Waals surface area (Å²) < 4.78 is 7.06. The molecule has 4 N–H and O–H groups in total. The number of rotatable bonds is 3. The highest BCUT2D eigenvalue weighted by molar-refractivity contribution is 6.33. The molecule has 8 nitrogen and oxygen atoms in total. The van der Waals surface area contributed by atoms with E-state index < -0.39 is 23.5 Å². The Kier molecular flexibility index (Phi) is 4.23. The van der Waals surface area contributed by atoms with Crippen molar-refractivity contribution >= 4 is 34.5 Å². The molecule has 4 heterocycles. The third kappa shape index (κ3) is 2.10. The lowest BCUT2D eigenvalue weighted by Gasteiger charge is -2.42. The normalized spacial score (nSPS) is 26.8. The summed E-state index contributed by atoms with van der Waals surface area (Å²) in [4.78, 5) is 17.6. The van der Waals surface area contributed by atoms with Crippen LogP contribution in [0.15, 0.2) is 42.0 Å². The van der Waals surface area contributed by atoms with Gasteiger partial charge in [0.1, 0.15) is 5.69 Å². The molecule has 1 fully saturated rings. The number of benzene rings is 1. The second-order valence-electron chi connectivity index (χ2n) is 8.11. The molecule has 0 radical (unpaired) electrons. The van der Waals surface area contributed by atoms with Crippen LogP contribution < -0.4 is 4.74 Å². The summed E-state index contributed by atoms with van der Waals surface area (Å²) in [7, 11) is 2.82. The summed E-state index contributed by atoms with van der Waals surface area (Å²) in [5, 5.41) is 36.1. The Morgan fingerprint density at radius 2 is 2.03 bits per heavy atom. The van der Waals surface area contributed by atoms with Crippen LogP contribution in [0, 0.1) is 6.92 Å². The lowest BCUT2D eigenvalue weighted by Crippen LogP contribution is -2.59. The molecule has 0 spiro atoms. The van der Waals surface area contributed by atoms with Crippen LogP contribution in [0.4, 0.5) is 0 Å². The number of allylic oxidation sites excluding steroid dienone is 2. The van der Waals surface area contributed by atoms with E-state index in [1.54, 1.807) is 31.2 Å². The Bertz CT molecular complexity index is 1360. The lowest BCUT2D eigenvalue weighted by atomic mass is 9.78. The van der Waals surface area contributed by atoms with Crippen molar-refractivity contribution in [2.45, 2.75) is 24.5 Å². The number of hydrogen-bond acceptors (Lipinski definition) is 5. The van der Waals surface area contributed by atoms with Crippen molar-refractivity contribution in [2.24, 2.45) is 0 Å². The summed E-state index contributed by atoms with van der Waals surface area (Å²) >= 11 is 6.23. The third-order valence-electron chi connectivity index (χ3n) is 6.58. The third-order valence-corrected chi connectivity index (χ3v) is 6.84. The van der Waals surface area contributed by atoms with Gasteiger partial charge in [0, 0.05) is 34.3 Å². The number of halogens is 1. The number of nitrogens with one attached hydrogen (secondary N) is 1. The molecule has 2 aliphatic rings. The molecule has 3 unspecified atom stereocenters. The molecule has 0 saturated carbocycles. The van der Waals surface area contributed by atoms with Gasteiger partial charge in [0.25, 0.3) is 11.6 Å². The fraction of sp³-hybridized carbons (Fsp3) is 0.261. The number of carbonyl (C=O) groups is 1. The van der Waals surface area contributed by atoms with Gasteiger partial charge < -0.3 is 29.9 Å². The van der Waals surface area contributed by atoms with E-state index in [0.29, 0.717) is 39.3 Å². The van der Waals surface area contributed by atoms with Gasteiger partial charge in [-0.15, -0.1) is 0 Å². The molecule has 5 rings (SSSR count). The van der Waals surface area contributed by atoms with E-state index in [1.807, 2.05) is 6.07 Å². The minimum absolute atomic E-state index is 0.149. The van der Waals surface area contributed by atoms with Gasteiger partial charge in [-0.25, -0.2) is 0 Å². The highest BCUT2D eigenvalue weighted by atomic mass is 35.5. The van der Waals surface area contributed by atoms with Gasteiger partial charge in [0.05, 0.1) is 18.3 Å². The number of hydrogen-bond donors (Lipinski definition) is 4. The molecule has 32 heavy (non-hydrogen) atoms. The number of carbonyl (C=O) groups excluding carboxylic acids is 1. The summed E-state index contributed by atoms with van der Waals surface area (Å²) in [6.45, 7) is 5.42. The van der Waals surface area contributed by atoms with Crippen molar-refractivity contribution in [1.82, 2.24) is 14.5 Å². The van der Waals surface area contributed by atoms with Crippen molar-refractivity contribution in [1.29, 1.82) is 0 Å². The van der Waals surface area contributed by atoms with Crippen LogP contribution >= 0.6 is 11.6 Å². The molecule has 166 valence electrons. The Balaban J connectivity index is 2.05. The van der Waals surface area contributed by atoms with Crippen molar-refractivity contribution < 1.29 is 24.9 Å². The van der Waals surface area contributed by atoms with Crippen molar-refractivity contribution in [2.75, 3.05) is 14.2 Å². The van der Waals surface area contributed by atoms with Crippen LogP contribution in [0.5, 0.6) is 5.75 Å². The summed E-state index contributed by atoms with van der Waals surface area (Å²) in [6, 6.07) is 7.08. The van der Waals surface area contributed by atoms with Crippen LogP contribution in [-0.2, 0) is 16.1 Å². The number of aliphatic hydroxyl groups excluding tert-OH is 1. The molecule has 9 heteroatoms. The molecule has 1 aromatic carbocycles. The predicted molar refractivity (Wildman–Crippen MR) is 120 cm³/mol. The number of aromatic amines is 1. The maximum absolute atomic E-state index is 13.4. The van der Waals surface area contributed by atoms with Crippen LogP contribution in [0.25, 0.3) is 28.4 Å². The topological polar surface area (TPSA) is 111 Å². The van der Waals surface area contributed by atoms with Gasteiger partial charge in [-0.2, -0.15) is 0 Å². The number of likely N-dealkylation sites (tertiary alicyclic amines) is 1. The van der Waals surface area contributed by atoms with Gasteiger partial charge in [0.2, 0.25) is 0 Å². The first-order valence-corrected chi connectivity index (χ1v) is 10.3. The fourth-order valence-electron chi connectivity index (χ4n) is 5.12. The van der Waals surface area contributed by atoms with E-state index in [2.05, 4.69) is 11.6 Å². The van der Waals surface area contributed by atoms with Gasteiger partial charge in [-0.05, 0) is 25.1 Å². The highest BCUT2D eigenvalue weighted by Crippen LogP contribution is 2.60. The first-order chi connectivity index (χ1) is 15.1. The summed E-state index contributed by atoms with van der Waals surface area (Å²) in [5.74, 6) is -0.438. The van der Waals surface area contributed by atoms with E-state index in [1.165, 1.54) is 24.8 Å². The number of fused-ring (bicyclic) bond motifs is 8. The van der Waals surface area contributed by atoms with E-state index >= 15 is 0 Å². The van der Waals surface area contributed by atoms with E-state index in [-0.39, 0.29) is 10.6 Å². The Morgan fingerprint density at radius 3 is 2.69 bits per heavy atom. The zero-order valence-electron chi connectivity index (χ0n) is 17.7. The van der Waals surface area contributed by atoms with Gasteiger partial charge in [-0.3, -0.25) is 9.36 Å². The van der Waals surface area contributed by atoms with E-state index in [0.717, 1.165) is 4.90 Å². The Morgan fingerprint density at radius 1 is 1.34 bits per heavy atom. The van der Waals surface area contributed by atoms with Crippen LogP contribution in [0.2, 0.25) is 0 Å². The number of nitrogens with zero attached hydrogens (tertiary/aromatic N) is 2. The number of H-pyrrole nitrogens is 1. The van der Waals surface area contributed by atoms with Gasteiger partial charge in [0.15, 0.2) is 17.6 Å². The molecular formula is C23H22ClN3O5. The number of methoxy groups -OCH3 is 1. The van der Waals surface area contributed by atoms with Gasteiger partial charge in [-0.1, -0.05) is 36.4 Å². The number of amides is 1. The molecule has 1 saturated heterocycles. The maximum atomic E-state index is 13.4. The summed E-state index contributed by atoms with van der Waals surface area (Å²) in [5.41, 5.74) is -2.51. The largest absolute Gasteiger partial charge is 0.494 e. The summed E-state index contributed by atoms with van der Waals surface area (Å²) in [6.07, 6.45) is 1.26. The SMILES string of the molecule is C=C/C(Cl)=C\c1c(C)[nH]c2c1C1(O)C(O)N(C)C(=O)C1(O)n1c-2c(OC)c2ccccc21. The fourth-order valence-corrected chi connectivity index (χ4v) is 5.23. The smallest absolute Gasteiger partial charge is 0.281 e. The molecular weight excluding hydrogens is 434 g/mol. The molecule has 3 atom stereocenters. The van der Waals surface area contributed by atoms with Crippen LogP contribution in [0.1, 0.15) is 16.8 Å². The second-order valence-corrected chi connectivity index (χ2v) is 8.55. The van der Waals surface area contributed by atoms with E-state index in [4.69, 9.17) is 16.3 Å². The molecule has 2 aromatic heterocycles. The van der Waals surface area contributed by atoms with Crippen molar-refractivity contribution in [3.05, 3.63) is 58.8 Å². The monoisotopic (exact) mass is 455 g/mol. The molecule has 3 aromatic rings. The van der Waals surface area contributed by atoms with Crippen LogP contribution in [-0.4, -0.2) is 56.1 Å². The van der Waals surface area contributed by atoms with Gasteiger partial charge >= 0.3 is 0 Å². The quantitative estimate of drug-likeness (QED) is 0.453. The first-order valence-electron chi connectivity index (χ1n) is 9.95. The Hall–Kier alpha value is -3.04. The van der Waals surface area contributed by atoms with Crippen molar-refractivity contribution in [3.8, 4) is 17.1 Å². The average molecular weight is 456 g/mol. The number of aryl methyl sites for hydroxylation is 1. The molecule has 0 aliphatic carbocycles. The Labute approximate surface area is 188 Å².